The van der Waals surface area contributed by atoms with Gasteiger partial charge in [0.05, 0.1) is 23.1 Å². The summed E-state index contributed by atoms with van der Waals surface area (Å²) in [6, 6.07) is 5.87. The van der Waals surface area contributed by atoms with Crippen LogP contribution in [-0.4, -0.2) is 17.7 Å². The maximum Gasteiger partial charge on any atom is 0.416 e. The number of rotatable bonds is 3. The van der Waals surface area contributed by atoms with Gasteiger partial charge in [0.25, 0.3) is 11.8 Å². The normalized spacial score (nSPS) is 13.4. The van der Waals surface area contributed by atoms with Crippen LogP contribution in [0.15, 0.2) is 36.4 Å². The van der Waals surface area contributed by atoms with Gasteiger partial charge in [-0.3, -0.25) is 19.7 Å². The summed E-state index contributed by atoms with van der Waals surface area (Å²) in [6.07, 6.45) is -5.23. The largest absolute Gasteiger partial charge is 0.416 e. The molecule has 0 unspecified atom stereocenters. The average Bonchev–Trinajstić information content (AvgIpc) is 2.80. The van der Waals surface area contributed by atoms with E-state index in [2.05, 4.69) is 10.6 Å². The lowest BCUT2D eigenvalue weighted by molar-refractivity contribution is -0.137. The summed E-state index contributed by atoms with van der Waals surface area (Å²) in [5.41, 5.74) is -0.908. The van der Waals surface area contributed by atoms with Gasteiger partial charge in [0.1, 0.15) is 5.82 Å². The number of carbonyl (C=O) groups excluding carboxylic acids is 3. The summed E-state index contributed by atoms with van der Waals surface area (Å²) in [7, 11) is 0. The maximum atomic E-state index is 13.4. The first-order valence-corrected chi connectivity index (χ1v) is 7.30. The molecule has 9 heteroatoms. The first-order valence-electron chi connectivity index (χ1n) is 7.30. The predicted molar refractivity (Wildman–Crippen MR) is 82.0 cm³/mol. The zero-order chi connectivity index (χ0) is 19.1. The number of imide groups is 1. The highest BCUT2D eigenvalue weighted by atomic mass is 19.4. The molecule has 2 N–H and O–H groups in total. The number of nitrogens with one attached hydrogen (secondary N) is 2. The number of halogens is 4. The maximum absolute atomic E-state index is 13.4. The van der Waals surface area contributed by atoms with E-state index in [0.29, 0.717) is 12.1 Å². The molecule has 0 aromatic heterocycles. The predicted octanol–water partition coefficient (Wildman–Crippen LogP) is 2.91. The minimum absolute atomic E-state index is 0.0814. The molecule has 0 saturated heterocycles. The average molecular weight is 366 g/mol. The van der Waals surface area contributed by atoms with E-state index in [1.54, 1.807) is 0 Å². The molecule has 0 spiro atoms. The second-order valence-corrected chi connectivity index (χ2v) is 5.61. The minimum Gasteiger partial charge on any atom is -0.326 e. The number of benzene rings is 2. The van der Waals surface area contributed by atoms with Gasteiger partial charge in [-0.15, -0.1) is 0 Å². The Morgan fingerprint density at radius 1 is 1.00 bits per heavy atom. The first-order chi connectivity index (χ1) is 12.1. The summed E-state index contributed by atoms with van der Waals surface area (Å²) in [4.78, 5) is 35.0. The van der Waals surface area contributed by atoms with Gasteiger partial charge in [-0.05, 0) is 42.0 Å². The molecule has 2 aromatic rings. The Balaban J connectivity index is 1.76. The van der Waals surface area contributed by atoms with Gasteiger partial charge < -0.3 is 5.32 Å². The highest BCUT2D eigenvalue weighted by molar-refractivity contribution is 6.22. The summed E-state index contributed by atoms with van der Waals surface area (Å²) in [5.74, 6) is -2.97. The topological polar surface area (TPSA) is 75.3 Å². The second kappa shape index (κ2) is 6.25. The van der Waals surface area contributed by atoms with Crippen LogP contribution in [-0.2, 0) is 17.4 Å². The zero-order valence-electron chi connectivity index (χ0n) is 12.9. The van der Waals surface area contributed by atoms with Crippen molar-refractivity contribution in [3.63, 3.8) is 0 Å². The number of hydrogen-bond acceptors (Lipinski definition) is 3. The van der Waals surface area contributed by atoms with E-state index in [0.717, 1.165) is 6.07 Å². The van der Waals surface area contributed by atoms with Gasteiger partial charge in [-0.2, -0.15) is 13.2 Å². The fraction of sp³-hybridized carbons (Fsp3) is 0.118. The molecule has 0 aliphatic carbocycles. The van der Waals surface area contributed by atoms with E-state index < -0.39 is 41.7 Å². The lowest BCUT2D eigenvalue weighted by Crippen LogP contribution is -2.19. The van der Waals surface area contributed by atoms with Crippen molar-refractivity contribution in [2.45, 2.75) is 12.6 Å². The standard InChI is InChI=1S/C17H10F4N2O3/c18-10-4-8(3-9(6-10)17(19,20)21)5-14(24)22-11-1-2-12-13(7-11)16(26)23-15(12)25/h1-4,6-7H,5H2,(H,22,24)(H,23,25,26). The van der Waals surface area contributed by atoms with Crippen LogP contribution in [0.25, 0.3) is 0 Å². The van der Waals surface area contributed by atoms with Crippen LogP contribution in [0, 0.1) is 5.82 Å². The molecular weight excluding hydrogens is 356 g/mol. The first kappa shape index (κ1) is 17.6. The summed E-state index contributed by atoms with van der Waals surface area (Å²) in [6.45, 7) is 0. The molecular formula is C17H10F4N2O3. The van der Waals surface area contributed by atoms with Crippen molar-refractivity contribution < 1.29 is 31.9 Å². The molecule has 3 rings (SSSR count). The van der Waals surface area contributed by atoms with Crippen molar-refractivity contribution in [3.8, 4) is 0 Å². The van der Waals surface area contributed by atoms with Crippen molar-refractivity contribution in [1.29, 1.82) is 0 Å². The van der Waals surface area contributed by atoms with Crippen molar-refractivity contribution in [1.82, 2.24) is 5.32 Å². The van der Waals surface area contributed by atoms with Crippen molar-refractivity contribution >= 4 is 23.4 Å². The molecule has 2 aromatic carbocycles. The van der Waals surface area contributed by atoms with E-state index in [9.17, 15) is 31.9 Å². The van der Waals surface area contributed by atoms with Crippen LogP contribution < -0.4 is 10.6 Å². The van der Waals surface area contributed by atoms with E-state index in [4.69, 9.17) is 0 Å². The summed E-state index contributed by atoms with van der Waals surface area (Å²) >= 11 is 0. The van der Waals surface area contributed by atoms with Gasteiger partial charge in [0, 0.05) is 5.69 Å². The molecule has 1 aliphatic rings. The SMILES string of the molecule is O=C(Cc1cc(F)cc(C(F)(F)F)c1)Nc1ccc2c(c1)C(=O)NC2=O. The lowest BCUT2D eigenvalue weighted by Gasteiger charge is -2.10. The lowest BCUT2D eigenvalue weighted by atomic mass is 10.1. The van der Waals surface area contributed by atoms with Gasteiger partial charge in [-0.25, -0.2) is 4.39 Å². The Labute approximate surface area is 144 Å². The summed E-state index contributed by atoms with van der Waals surface area (Å²) < 4.78 is 51.4. The number of hydrogen-bond donors (Lipinski definition) is 2. The fourth-order valence-corrected chi connectivity index (χ4v) is 2.55. The molecule has 0 atom stereocenters. The molecule has 1 aliphatic heterocycles. The third-order valence-corrected chi connectivity index (χ3v) is 3.67. The molecule has 5 nitrogen and oxygen atoms in total. The van der Waals surface area contributed by atoms with Gasteiger partial charge in [0.15, 0.2) is 0 Å². The van der Waals surface area contributed by atoms with Crippen LogP contribution in [0.1, 0.15) is 31.8 Å². The van der Waals surface area contributed by atoms with Crippen LogP contribution in [0.5, 0.6) is 0 Å². The van der Waals surface area contributed by atoms with E-state index in [-0.39, 0.29) is 22.4 Å². The van der Waals surface area contributed by atoms with E-state index >= 15 is 0 Å². The Morgan fingerprint density at radius 2 is 1.69 bits per heavy atom. The van der Waals surface area contributed by atoms with Crippen molar-refractivity contribution in [2.75, 3.05) is 5.32 Å². The molecule has 3 amide bonds. The third kappa shape index (κ3) is 3.56. The fourth-order valence-electron chi connectivity index (χ4n) is 2.55. The van der Waals surface area contributed by atoms with Crippen LogP contribution in [0.4, 0.5) is 23.2 Å². The monoisotopic (exact) mass is 366 g/mol. The molecule has 134 valence electrons. The Hall–Kier alpha value is -3.23. The molecule has 0 radical (unpaired) electrons. The van der Waals surface area contributed by atoms with Crippen molar-refractivity contribution in [3.05, 3.63) is 64.5 Å². The Kier molecular flexibility index (Phi) is 4.23. The van der Waals surface area contributed by atoms with Crippen LogP contribution in [0.3, 0.4) is 0 Å². The number of fused-ring (bicyclic) bond motifs is 1. The Morgan fingerprint density at radius 3 is 2.38 bits per heavy atom. The van der Waals surface area contributed by atoms with Gasteiger partial charge >= 0.3 is 6.18 Å². The van der Waals surface area contributed by atoms with Crippen LogP contribution in [0.2, 0.25) is 0 Å². The number of amides is 3. The van der Waals surface area contributed by atoms with E-state index in [1.165, 1.54) is 18.2 Å². The smallest absolute Gasteiger partial charge is 0.326 e. The Bertz CT molecular complexity index is 938. The van der Waals surface area contributed by atoms with Gasteiger partial charge in [-0.1, -0.05) is 0 Å². The quantitative estimate of drug-likeness (QED) is 0.648. The molecule has 26 heavy (non-hydrogen) atoms. The molecule has 0 bridgehead atoms. The number of alkyl halides is 3. The third-order valence-electron chi connectivity index (χ3n) is 3.67. The van der Waals surface area contributed by atoms with Crippen molar-refractivity contribution in [2.24, 2.45) is 0 Å². The minimum atomic E-state index is -4.73. The summed E-state index contributed by atoms with van der Waals surface area (Å²) in [5, 5.41) is 4.49. The molecule has 0 fully saturated rings. The number of anilines is 1. The zero-order valence-corrected chi connectivity index (χ0v) is 12.9. The molecule has 0 saturated carbocycles. The number of carbonyl (C=O) groups is 3. The molecule has 1 heterocycles. The van der Waals surface area contributed by atoms with Crippen LogP contribution >= 0.6 is 0 Å². The van der Waals surface area contributed by atoms with E-state index in [1.807, 2.05) is 0 Å². The van der Waals surface area contributed by atoms with Gasteiger partial charge in [0.2, 0.25) is 5.91 Å². The highest BCUT2D eigenvalue weighted by Gasteiger charge is 2.31. The highest BCUT2D eigenvalue weighted by Crippen LogP contribution is 2.30. The second-order valence-electron chi connectivity index (χ2n) is 5.61.